The summed E-state index contributed by atoms with van der Waals surface area (Å²) in [6.07, 6.45) is 1.86. The van der Waals surface area contributed by atoms with Crippen LogP contribution in [0.4, 0.5) is 5.13 Å². The molecule has 5 heteroatoms. The zero-order valence-electron chi connectivity index (χ0n) is 11.6. The lowest BCUT2D eigenvalue weighted by Crippen LogP contribution is -1.94. The number of rotatable bonds is 5. The molecule has 1 aromatic heterocycles. The minimum Gasteiger partial charge on any atom is -0.488 e. The summed E-state index contributed by atoms with van der Waals surface area (Å²) in [6.45, 7) is 3.49. The van der Waals surface area contributed by atoms with Crippen molar-refractivity contribution >= 4 is 43.2 Å². The number of aromatic nitrogens is 1. The molecule has 3 aromatic rings. The molecule has 1 heterocycles. The number of hydrogen-bond acceptors (Lipinski definition) is 4. The van der Waals surface area contributed by atoms with E-state index in [1.165, 1.54) is 10.8 Å². The molecule has 0 aliphatic carbocycles. The Morgan fingerprint density at radius 1 is 1.19 bits per heavy atom. The number of hydrogen-bond donors (Lipinski definition) is 1. The molecule has 0 aliphatic heterocycles. The lowest BCUT2D eigenvalue weighted by Gasteiger charge is -2.06. The Morgan fingerprint density at radius 3 is 2.86 bits per heavy atom. The average Bonchev–Trinajstić information content (AvgIpc) is 2.93. The zero-order valence-corrected chi connectivity index (χ0v) is 14.0. The third-order valence-electron chi connectivity index (χ3n) is 3.04. The molecule has 3 nitrogen and oxygen atoms in total. The minimum absolute atomic E-state index is 0.547. The van der Waals surface area contributed by atoms with Gasteiger partial charge in [-0.1, -0.05) is 39.4 Å². The Morgan fingerprint density at radius 2 is 2.00 bits per heavy atom. The summed E-state index contributed by atoms with van der Waals surface area (Å²) in [5.74, 6) is 0.878. The summed E-state index contributed by atoms with van der Waals surface area (Å²) in [5, 5.41) is 6.52. The van der Waals surface area contributed by atoms with Gasteiger partial charge in [-0.05, 0) is 42.0 Å². The summed E-state index contributed by atoms with van der Waals surface area (Å²) in [4.78, 5) is 5.41. The summed E-state index contributed by atoms with van der Waals surface area (Å²) in [7, 11) is 0. The molecule has 0 atom stereocenters. The highest BCUT2D eigenvalue weighted by molar-refractivity contribution is 9.10. The Bertz CT molecular complexity index is 757. The number of halogens is 1. The number of thiazole rings is 1. The van der Waals surface area contributed by atoms with Gasteiger partial charge in [-0.15, -0.1) is 0 Å². The molecule has 0 saturated carbocycles. The van der Waals surface area contributed by atoms with E-state index in [0.29, 0.717) is 6.61 Å². The summed E-state index contributed by atoms with van der Waals surface area (Å²) >= 11 is 5.11. The predicted molar refractivity (Wildman–Crippen MR) is 92.3 cm³/mol. The molecule has 3 rings (SSSR count). The number of ether oxygens (including phenoxy) is 1. The van der Waals surface area contributed by atoms with Crippen LogP contribution in [0.15, 0.2) is 47.1 Å². The monoisotopic (exact) mass is 362 g/mol. The van der Waals surface area contributed by atoms with Crippen LogP contribution in [0.5, 0.6) is 5.75 Å². The summed E-state index contributed by atoms with van der Waals surface area (Å²) in [6, 6.07) is 12.4. The molecule has 0 spiro atoms. The van der Waals surface area contributed by atoms with E-state index < -0.39 is 0 Å². The fourth-order valence-corrected chi connectivity index (χ4v) is 3.22. The molecule has 0 unspecified atom stereocenters. The maximum atomic E-state index is 5.85. The van der Waals surface area contributed by atoms with Gasteiger partial charge in [0.2, 0.25) is 0 Å². The molecule has 108 valence electrons. The first-order valence-electron chi connectivity index (χ1n) is 6.75. The van der Waals surface area contributed by atoms with Gasteiger partial charge in [0.15, 0.2) is 5.13 Å². The minimum atomic E-state index is 0.547. The van der Waals surface area contributed by atoms with Crippen LogP contribution in [0.2, 0.25) is 0 Å². The second kappa shape index (κ2) is 6.45. The van der Waals surface area contributed by atoms with E-state index in [1.54, 1.807) is 11.3 Å². The van der Waals surface area contributed by atoms with Crippen molar-refractivity contribution < 1.29 is 4.74 Å². The van der Waals surface area contributed by atoms with Crippen molar-refractivity contribution in [3.8, 4) is 5.75 Å². The van der Waals surface area contributed by atoms with Crippen LogP contribution in [0.25, 0.3) is 10.8 Å². The van der Waals surface area contributed by atoms with Crippen LogP contribution >= 0.6 is 27.3 Å². The molecule has 0 amide bonds. The van der Waals surface area contributed by atoms with E-state index in [2.05, 4.69) is 57.4 Å². The lowest BCUT2D eigenvalue weighted by atomic mass is 10.1. The standard InChI is InChI=1S/C16H15BrN2OS/c1-2-18-16-19-9-15(21-16)10-20-14-6-4-11-7-13(17)5-3-12(11)8-14/h3-9H,2,10H2,1H3,(H,18,19). The molecule has 0 radical (unpaired) electrons. The van der Waals surface area contributed by atoms with Crippen molar-refractivity contribution in [1.82, 2.24) is 4.98 Å². The number of nitrogens with one attached hydrogen (secondary N) is 1. The first-order chi connectivity index (χ1) is 10.2. The molecule has 0 aliphatic rings. The first kappa shape index (κ1) is 14.4. The molecule has 1 N–H and O–H groups in total. The van der Waals surface area contributed by atoms with Crippen molar-refractivity contribution in [2.75, 3.05) is 11.9 Å². The highest BCUT2D eigenvalue weighted by atomic mass is 79.9. The quantitative estimate of drug-likeness (QED) is 0.687. The third-order valence-corrected chi connectivity index (χ3v) is 4.46. The number of nitrogens with zero attached hydrogens (tertiary/aromatic N) is 1. The van der Waals surface area contributed by atoms with Crippen molar-refractivity contribution in [2.45, 2.75) is 13.5 Å². The van der Waals surface area contributed by atoms with Gasteiger partial charge in [0.05, 0.1) is 4.88 Å². The largest absolute Gasteiger partial charge is 0.488 e. The van der Waals surface area contributed by atoms with Crippen molar-refractivity contribution in [3.05, 3.63) is 51.9 Å². The third kappa shape index (κ3) is 3.54. The van der Waals surface area contributed by atoms with Gasteiger partial charge in [0.25, 0.3) is 0 Å². The van der Waals surface area contributed by atoms with Crippen LogP contribution in [0.3, 0.4) is 0 Å². The van der Waals surface area contributed by atoms with E-state index in [4.69, 9.17) is 4.74 Å². The van der Waals surface area contributed by atoms with Gasteiger partial charge in [-0.2, -0.15) is 0 Å². The fourth-order valence-electron chi connectivity index (χ4n) is 2.05. The Labute approximate surface area is 136 Å². The Kier molecular flexibility index (Phi) is 4.41. The highest BCUT2D eigenvalue weighted by Crippen LogP contribution is 2.25. The van der Waals surface area contributed by atoms with Gasteiger partial charge in [-0.25, -0.2) is 4.98 Å². The van der Waals surface area contributed by atoms with Gasteiger partial charge >= 0.3 is 0 Å². The van der Waals surface area contributed by atoms with E-state index in [9.17, 15) is 0 Å². The SMILES string of the molecule is CCNc1ncc(COc2ccc3cc(Br)ccc3c2)s1. The van der Waals surface area contributed by atoms with Gasteiger partial charge < -0.3 is 10.1 Å². The summed E-state index contributed by atoms with van der Waals surface area (Å²) < 4.78 is 6.94. The average molecular weight is 363 g/mol. The van der Waals surface area contributed by atoms with E-state index in [-0.39, 0.29) is 0 Å². The second-order valence-electron chi connectivity index (χ2n) is 4.60. The smallest absolute Gasteiger partial charge is 0.182 e. The number of anilines is 1. The molecule has 0 fully saturated rings. The van der Waals surface area contributed by atoms with Crippen molar-refractivity contribution in [2.24, 2.45) is 0 Å². The molecule has 2 aromatic carbocycles. The normalized spacial score (nSPS) is 10.8. The van der Waals surface area contributed by atoms with Crippen LogP contribution in [0.1, 0.15) is 11.8 Å². The van der Waals surface area contributed by atoms with E-state index >= 15 is 0 Å². The summed E-state index contributed by atoms with van der Waals surface area (Å²) in [5.41, 5.74) is 0. The number of fused-ring (bicyclic) bond motifs is 1. The van der Waals surface area contributed by atoms with Gasteiger partial charge in [0.1, 0.15) is 12.4 Å². The molecular formula is C16H15BrN2OS. The van der Waals surface area contributed by atoms with Crippen molar-refractivity contribution in [3.63, 3.8) is 0 Å². The van der Waals surface area contributed by atoms with Crippen LogP contribution < -0.4 is 10.1 Å². The lowest BCUT2D eigenvalue weighted by molar-refractivity contribution is 0.310. The van der Waals surface area contributed by atoms with Crippen LogP contribution in [-0.2, 0) is 6.61 Å². The highest BCUT2D eigenvalue weighted by Gasteiger charge is 2.03. The fraction of sp³-hybridized carbons (Fsp3) is 0.188. The Balaban J connectivity index is 1.70. The maximum Gasteiger partial charge on any atom is 0.182 e. The molecule has 21 heavy (non-hydrogen) atoms. The second-order valence-corrected chi connectivity index (χ2v) is 6.63. The first-order valence-corrected chi connectivity index (χ1v) is 8.36. The zero-order chi connectivity index (χ0) is 14.7. The predicted octanol–water partition coefficient (Wildman–Crippen LogP) is 5.07. The Hall–Kier alpha value is -1.59. The van der Waals surface area contributed by atoms with Gasteiger partial charge in [0, 0.05) is 17.2 Å². The van der Waals surface area contributed by atoms with Crippen molar-refractivity contribution in [1.29, 1.82) is 0 Å². The van der Waals surface area contributed by atoms with Crippen LogP contribution in [-0.4, -0.2) is 11.5 Å². The van der Waals surface area contributed by atoms with E-state index in [1.807, 2.05) is 18.3 Å². The molecular weight excluding hydrogens is 348 g/mol. The number of benzene rings is 2. The van der Waals surface area contributed by atoms with E-state index in [0.717, 1.165) is 26.8 Å². The maximum absolute atomic E-state index is 5.85. The topological polar surface area (TPSA) is 34.2 Å². The van der Waals surface area contributed by atoms with Crippen LogP contribution in [0, 0.1) is 0 Å². The molecule has 0 bridgehead atoms. The molecule has 0 saturated heterocycles. The van der Waals surface area contributed by atoms with Gasteiger partial charge in [-0.3, -0.25) is 0 Å².